The van der Waals surface area contributed by atoms with Gasteiger partial charge < -0.3 is 15.7 Å². The topological polar surface area (TPSA) is 113 Å². The van der Waals surface area contributed by atoms with E-state index in [1.165, 1.54) is 12.1 Å². The summed E-state index contributed by atoms with van der Waals surface area (Å²) in [5.74, 6) is -1.67. The van der Waals surface area contributed by atoms with Gasteiger partial charge in [0.1, 0.15) is 17.4 Å². The van der Waals surface area contributed by atoms with E-state index >= 15 is 0 Å². The molecule has 0 fully saturated rings. The van der Waals surface area contributed by atoms with Crippen LogP contribution in [-0.4, -0.2) is 31.6 Å². The van der Waals surface area contributed by atoms with Gasteiger partial charge >= 0.3 is 0 Å². The van der Waals surface area contributed by atoms with Gasteiger partial charge in [0.25, 0.3) is 11.8 Å². The standard InChI is InChI=1S/C24H20N2O5S/c1-32(30,31)19-13-9-16(10-14-19)15-7-11-18(12-8-15)25-23(28)20-22(27)21(26-24(20)29)17-5-3-2-4-6-17/h2-14,21,27H,1H3,(H,25,28)(H,26,29). The molecule has 0 aliphatic carbocycles. The van der Waals surface area contributed by atoms with Gasteiger partial charge in [0, 0.05) is 11.9 Å². The van der Waals surface area contributed by atoms with Crippen LogP contribution in [0.25, 0.3) is 11.1 Å². The highest BCUT2D eigenvalue weighted by atomic mass is 32.2. The van der Waals surface area contributed by atoms with E-state index < -0.39 is 27.7 Å². The van der Waals surface area contributed by atoms with E-state index in [-0.39, 0.29) is 16.2 Å². The molecule has 0 bridgehead atoms. The number of anilines is 1. The van der Waals surface area contributed by atoms with Gasteiger partial charge in [-0.15, -0.1) is 0 Å². The van der Waals surface area contributed by atoms with Crippen molar-refractivity contribution in [3.63, 3.8) is 0 Å². The lowest BCUT2D eigenvalue weighted by Crippen LogP contribution is -2.26. The number of aliphatic hydroxyl groups is 1. The van der Waals surface area contributed by atoms with Gasteiger partial charge in [0.15, 0.2) is 9.84 Å². The minimum Gasteiger partial charge on any atom is -0.509 e. The molecule has 32 heavy (non-hydrogen) atoms. The minimum absolute atomic E-state index is 0.238. The van der Waals surface area contributed by atoms with Gasteiger partial charge in [0.05, 0.1) is 4.90 Å². The van der Waals surface area contributed by atoms with Crippen LogP contribution in [0.2, 0.25) is 0 Å². The number of nitrogens with one attached hydrogen (secondary N) is 2. The fourth-order valence-corrected chi connectivity index (χ4v) is 4.10. The summed E-state index contributed by atoms with van der Waals surface area (Å²) in [7, 11) is -3.27. The molecular weight excluding hydrogens is 428 g/mol. The number of rotatable bonds is 5. The Morgan fingerprint density at radius 1 is 0.906 bits per heavy atom. The van der Waals surface area contributed by atoms with Gasteiger partial charge in [-0.2, -0.15) is 0 Å². The van der Waals surface area contributed by atoms with E-state index in [1.807, 2.05) is 6.07 Å². The predicted molar refractivity (Wildman–Crippen MR) is 121 cm³/mol. The van der Waals surface area contributed by atoms with Crippen molar-refractivity contribution >= 4 is 27.3 Å². The van der Waals surface area contributed by atoms with Crippen LogP contribution < -0.4 is 10.6 Å². The largest absolute Gasteiger partial charge is 0.509 e. The summed E-state index contributed by atoms with van der Waals surface area (Å²) in [5, 5.41) is 15.7. The normalized spacial score (nSPS) is 16.0. The van der Waals surface area contributed by atoms with Crippen molar-refractivity contribution in [3.05, 3.63) is 95.8 Å². The fraction of sp³-hybridized carbons (Fsp3) is 0.0833. The van der Waals surface area contributed by atoms with E-state index in [4.69, 9.17) is 0 Å². The van der Waals surface area contributed by atoms with E-state index in [0.717, 1.165) is 17.4 Å². The van der Waals surface area contributed by atoms with Crippen molar-refractivity contribution in [2.24, 2.45) is 0 Å². The van der Waals surface area contributed by atoms with Gasteiger partial charge in [-0.1, -0.05) is 54.6 Å². The Hall–Kier alpha value is -3.91. The second-order valence-corrected chi connectivity index (χ2v) is 9.42. The third kappa shape index (κ3) is 4.26. The fourth-order valence-electron chi connectivity index (χ4n) is 3.47. The first kappa shape index (κ1) is 21.3. The van der Waals surface area contributed by atoms with Crippen LogP contribution in [-0.2, 0) is 19.4 Å². The molecule has 1 aliphatic heterocycles. The number of hydrogen-bond donors (Lipinski definition) is 3. The maximum Gasteiger partial charge on any atom is 0.264 e. The molecule has 0 saturated heterocycles. The monoisotopic (exact) mass is 448 g/mol. The Balaban J connectivity index is 1.50. The van der Waals surface area contributed by atoms with E-state index in [9.17, 15) is 23.1 Å². The van der Waals surface area contributed by atoms with Crippen LogP contribution >= 0.6 is 0 Å². The molecule has 3 aromatic rings. The van der Waals surface area contributed by atoms with Gasteiger partial charge in [-0.3, -0.25) is 9.59 Å². The zero-order chi connectivity index (χ0) is 22.9. The molecule has 2 amide bonds. The molecule has 1 unspecified atom stereocenters. The molecule has 8 heteroatoms. The Labute approximate surface area is 185 Å². The molecule has 0 radical (unpaired) electrons. The quantitative estimate of drug-likeness (QED) is 0.518. The average molecular weight is 449 g/mol. The number of carbonyl (C=O) groups excluding carboxylic acids is 2. The predicted octanol–water partition coefficient (Wildman–Crippen LogP) is 3.38. The zero-order valence-corrected chi connectivity index (χ0v) is 17.9. The Morgan fingerprint density at radius 3 is 2.03 bits per heavy atom. The zero-order valence-electron chi connectivity index (χ0n) is 17.1. The second-order valence-electron chi connectivity index (χ2n) is 7.41. The van der Waals surface area contributed by atoms with Crippen molar-refractivity contribution in [2.75, 3.05) is 11.6 Å². The highest BCUT2D eigenvalue weighted by Crippen LogP contribution is 2.29. The SMILES string of the molecule is CS(=O)(=O)c1ccc(-c2ccc(NC(=O)C3=C(O)C(c4ccccc4)NC3=O)cc2)cc1. The number of sulfone groups is 1. The maximum atomic E-state index is 12.7. The van der Waals surface area contributed by atoms with Crippen LogP contribution in [0.1, 0.15) is 11.6 Å². The third-order valence-electron chi connectivity index (χ3n) is 5.15. The molecule has 0 spiro atoms. The third-order valence-corrected chi connectivity index (χ3v) is 6.28. The summed E-state index contributed by atoms with van der Waals surface area (Å²) in [4.78, 5) is 25.2. The number of benzene rings is 3. The van der Waals surface area contributed by atoms with Crippen LogP contribution in [0, 0.1) is 0 Å². The summed E-state index contributed by atoms with van der Waals surface area (Å²) >= 11 is 0. The first-order valence-electron chi connectivity index (χ1n) is 9.75. The molecule has 162 valence electrons. The molecule has 1 heterocycles. The number of hydrogen-bond acceptors (Lipinski definition) is 5. The van der Waals surface area contributed by atoms with Crippen LogP contribution in [0.5, 0.6) is 0 Å². The maximum absolute atomic E-state index is 12.7. The Kier molecular flexibility index (Phi) is 5.54. The molecule has 0 aromatic heterocycles. The average Bonchev–Trinajstić information content (AvgIpc) is 3.08. The molecule has 0 saturated carbocycles. The number of carbonyl (C=O) groups is 2. The molecule has 3 aromatic carbocycles. The van der Waals surface area contributed by atoms with E-state index in [1.54, 1.807) is 60.7 Å². The van der Waals surface area contributed by atoms with Gasteiger partial charge in [0.2, 0.25) is 0 Å². The minimum atomic E-state index is -3.27. The molecular formula is C24H20N2O5S. The summed E-state index contributed by atoms with van der Waals surface area (Å²) in [6.07, 6.45) is 1.15. The van der Waals surface area contributed by atoms with Crippen molar-refractivity contribution in [1.82, 2.24) is 5.32 Å². The molecule has 1 atom stereocenters. The molecule has 3 N–H and O–H groups in total. The Bertz CT molecular complexity index is 1310. The lowest BCUT2D eigenvalue weighted by atomic mass is 10.0. The van der Waals surface area contributed by atoms with E-state index in [2.05, 4.69) is 10.6 Å². The Morgan fingerprint density at radius 2 is 1.47 bits per heavy atom. The van der Waals surface area contributed by atoms with Crippen LogP contribution in [0.15, 0.2) is 95.1 Å². The van der Waals surface area contributed by atoms with Crippen molar-refractivity contribution in [2.45, 2.75) is 10.9 Å². The van der Waals surface area contributed by atoms with Crippen LogP contribution in [0.4, 0.5) is 5.69 Å². The molecule has 1 aliphatic rings. The van der Waals surface area contributed by atoms with Crippen molar-refractivity contribution < 1.29 is 23.1 Å². The summed E-state index contributed by atoms with van der Waals surface area (Å²) in [6.45, 7) is 0. The smallest absolute Gasteiger partial charge is 0.264 e. The van der Waals surface area contributed by atoms with Crippen molar-refractivity contribution in [3.8, 4) is 11.1 Å². The van der Waals surface area contributed by atoms with Crippen LogP contribution in [0.3, 0.4) is 0 Å². The van der Waals surface area contributed by atoms with E-state index in [0.29, 0.717) is 11.3 Å². The molecule has 4 rings (SSSR count). The summed E-state index contributed by atoms with van der Waals surface area (Å²) in [5.41, 5.74) is 2.44. The lowest BCUT2D eigenvalue weighted by Gasteiger charge is -2.10. The van der Waals surface area contributed by atoms with Crippen molar-refractivity contribution in [1.29, 1.82) is 0 Å². The highest BCUT2D eigenvalue weighted by molar-refractivity contribution is 7.90. The lowest BCUT2D eigenvalue weighted by molar-refractivity contribution is -0.120. The first-order chi connectivity index (χ1) is 15.2. The number of amides is 2. The number of aliphatic hydroxyl groups excluding tert-OH is 1. The highest BCUT2D eigenvalue weighted by Gasteiger charge is 2.36. The molecule has 7 nitrogen and oxygen atoms in total. The van der Waals surface area contributed by atoms with Gasteiger partial charge in [-0.25, -0.2) is 8.42 Å². The first-order valence-corrected chi connectivity index (χ1v) is 11.6. The van der Waals surface area contributed by atoms with Gasteiger partial charge in [-0.05, 0) is 41.0 Å². The summed E-state index contributed by atoms with van der Waals surface area (Å²) in [6, 6.07) is 21.5. The second kappa shape index (κ2) is 8.32. The summed E-state index contributed by atoms with van der Waals surface area (Å²) < 4.78 is 23.2.